The molecule has 0 unspecified atom stereocenters. The fraction of sp³-hybridized carbons (Fsp3) is 0.333. The summed E-state index contributed by atoms with van der Waals surface area (Å²) in [4.78, 5) is 27.4. The Balaban J connectivity index is 2.13. The van der Waals surface area contributed by atoms with Gasteiger partial charge in [0.15, 0.2) is 9.84 Å². The number of rotatable bonds is 3. The van der Waals surface area contributed by atoms with E-state index in [4.69, 9.17) is 4.74 Å². The second kappa shape index (κ2) is 8.06. The number of carbonyl (C=O) groups excluding carboxylic acids is 2. The van der Waals surface area contributed by atoms with Crippen molar-refractivity contribution in [3.05, 3.63) is 42.2 Å². The highest BCUT2D eigenvalue weighted by Gasteiger charge is 2.34. The first-order valence-electron chi connectivity index (χ1n) is 9.42. The molecule has 0 saturated carbocycles. The lowest BCUT2D eigenvalue weighted by Crippen LogP contribution is -2.51. The molecule has 1 heterocycles. The minimum Gasteiger partial charge on any atom is -0.449 e. The molecule has 1 atom stereocenters. The highest BCUT2D eigenvalue weighted by molar-refractivity contribution is 7.90. The number of fused-ring (bicyclic) bond motifs is 1. The highest BCUT2D eigenvalue weighted by atomic mass is 32.2. The Morgan fingerprint density at radius 3 is 2.33 bits per heavy atom. The topological polar surface area (TPSA) is 84.0 Å². The summed E-state index contributed by atoms with van der Waals surface area (Å²) in [5.74, 6) is -1.02. The van der Waals surface area contributed by atoms with Crippen molar-refractivity contribution in [2.75, 3.05) is 29.2 Å². The van der Waals surface area contributed by atoms with Crippen LogP contribution in [0.25, 0.3) is 11.1 Å². The summed E-state index contributed by atoms with van der Waals surface area (Å²) in [6, 6.07) is 8.67. The van der Waals surface area contributed by atoms with Crippen molar-refractivity contribution in [1.82, 2.24) is 0 Å². The van der Waals surface area contributed by atoms with Crippen LogP contribution in [-0.4, -0.2) is 45.9 Å². The SMILES string of the molecule is CCOC(=O)N1C[C@H](C)N(C(C)=O)c2ccc(-c3ccc(S(C)(=O)=O)c(F)c3)cc21. The summed E-state index contributed by atoms with van der Waals surface area (Å²) in [7, 11) is -3.68. The molecular weight excluding hydrogens is 411 g/mol. The van der Waals surface area contributed by atoms with E-state index in [0.717, 1.165) is 12.3 Å². The summed E-state index contributed by atoms with van der Waals surface area (Å²) < 4.78 is 42.9. The van der Waals surface area contributed by atoms with Gasteiger partial charge in [-0.15, -0.1) is 0 Å². The molecule has 160 valence electrons. The van der Waals surface area contributed by atoms with Gasteiger partial charge in [0.05, 0.1) is 24.0 Å². The Kier molecular flexibility index (Phi) is 5.85. The molecule has 0 aliphatic carbocycles. The normalized spacial score (nSPS) is 16.2. The first-order chi connectivity index (χ1) is 14.0. The van der Waals surface area contributed by atoms with Gasteiger partial charge in [-0.25, -0.2) is 17.6 Å². The Morgan fingerprint density at radius 2 is 1.77 bits per heavy atom. The maximum atomic E-state index is 14.4. The van der Waals surface area contributed by atoms with Crippen LogP contribution in [-0.2, 0) is 19.4 Å². The molecular formula is C21H23FN2O5S. The van der Waals surface area contributed by atoms with E-state index in [9.17, 15) is 22.4 Å². The molecule has 0 radical (unpaired) electrons. The zero-order valence-electron chi connectivity index (χ0n) is 17.2. The zero-order valence-corrected chi connectivity index (χ0v) is 18.0. The molecule has 2 aromatic carbocycles. The lowest BCUT2D eigenvalue weighted by molar-refractivity contribution is -0.117. The molecule has 2 amide bonds. The van der Waals surface area contributed by atoms with Crippen molar-refractivity contribution in [3.63, 3.8) is 0 Å². The Morgan fingerprint density at radius 1 is 1.13 bits per heavy atom. The first-order valence-corrected chi connectivity index (χ1v) is 11.3. The third-order valence-corrected chi connectivity index (χ3v) is 6.04. The fourth-order valence-electron chi connectivity index (χ4n) is 3.64. The van der Waals surface area contributed by atoms with Crippen LogP contribution in [0.2, 0.25) is 0 Å². The molecule has 2 aromatic rings. The Labute approximate surface area is 175 Å². The van der Waals surface area contributed by atoms with E-state index in [1.54, 1.807) is 30.0 Å². The zero-order chi connectivity index (χ0) is 22.2. The van der Waals surface area contributed by atoms with Gasteiger partial charge in [-0.3, -0.25) is 9.69 Å². The van der Waals surface area contributed by atoms with Gasteiger partial charge in [0, 0.05) is 19.7 Å². The molecule has 1 aliphatic heterocycles. The van der Waals surface area contributed by atoms with Gasteiger partial charge in [-0.05, 0) is 49.2 Å². The number of hydrogen-bond acceptors (Lipinski definition) is 5. The summed E-state index contributed by atoms with van der Waals surface area (Å²) >= 11 is 0. The van der Waals surface area contributed by atoms with Crippen LogP contribution in [0.3, 0.4) is 0 Å². The van der Waals surface area contributed by atoms with E-state index >= 15 is 0 Å². The van der Waals surface area contributed by atoms with Crippen LogP contribution in [0.4, 0.5) is 20.6 Å². The van der Waals surface area contributed by atoms with E-state index in [1.807, 2.05) is 6.92 Å². The summed E-state index contributed by atoms with van der Waals surface area (Å²) in [5.41, 5.74) is 2.03. The van der Waals surface area contributed by atoms with Gasteiger partial charge in [0.25, 0.3) is 0 Å². The summed E-state index contributed by atoms with van der Waals surface area (Å²) in [6.07, 6.45) is 0.406. The first kappa shape index (κ1) is 21.8. The number of hydrogen-bond donors (Lipinski definition) is 0. The maximum Gasteiger partial charge on any atom is 0.414 e. The van der Waals surface area contributed by atoms with E-state index in [-0.39, 0.29) is 30.0 Å². The van der Waals surface area contributed by atoms with E-state index < -0.39 is 21.7 Å². The minimum atomic E-state index is -3.68. The van der Waals surface area contributed by atoms with E-state index in [1.165, 1.54) is 24.0 Å². The third kappa shape index (κ3) is 4.02. The lowest BCUT2D eigenvalue weighted by Gasteiger charge is -2.40. The lowest BCUT2D eigenvalue weighted by atomic mass is 10.0. The van der Waals surface area contributed by atoms with Crippen LogP contribution < -0.4 is 9.80 Å². The molecule has 30 heavy (non-hydrogen) atoms. The molecule has 3 rings (SSSR count). The molecule has 0 spiro atoms. The van der Waals surface area contributed by atoms with Gasteiger partial charge in [-0.1, -0.05) is 12.1 Å². The smallest absolute Gasteiger partial charge is 0.414 e. The van der Waals surface area contributed by atoms with Crippen molar-refractivity contribution in [3.8, 4) is 11.1 Å². The van der Waals surface area contributed by atoms with Crippen molar-refractivity contribution in [2.24, 2.45) is 0 Å². The average molecular weight is 434 g/mol. The predicted octanol–water partition coefficient (Wildman–Crippen LogP) is 3.61. The monoisotopic (exact) mass is 434 g/mol. The maximum absolute atomic E-state index is 14.4. The summed E-state index contributed by atoms with van der Waals surface area (Å²) in [5, 5.41) is 0. The number of amides is 2. The fourth-order valence-corrected chi connectivity index (χ4v) is 4.37. The molecule has 0 aromatic heterocycles. The van der Waals surface area contributed by atoms with Crippen molar-refractivity contribution in [1.29, 1.82) is 0 Å². The predicted molar refractivity (Wildman–Crippen MR) is 112 cm³/mol. The van der Waals surface area contributed by atoms with Crippen molar-refractivity contribution < 1.29 is 27.1 Å². The quantitative estimate of drug-likeness (QED) is 0.737. The summed E-state index contributed by atoms with van der Waals surface area (Å²) in [6.45, 7) is 5.44. The van der Waals surface area contributed by atoms with Gasteiger partial charge in [0.1, 0.15) is 10.7 Å². The second-order valence-corrected chi connectivity index (χ2v) is 9.15. The Bertz CT molecular complexity index is 1120. The van der Waals surface area contributed by atoms with Crippen molar-refractivity contribution in [2.45, 2.75) is 31.7 Å². The molecule has 0 fully saturated rings. The molecule has 9 heteroatoms. The van der Waals surface area contributed by atoms with E-state index in [2.05, 4.69) is 0 Å². The minimum absolute atomic E-state index is 0.163. The second-order valence-electron chi connectivity index (χ2n) is 7.17. The van der Waals surface area contributed by atoms with Crippen LogP contribution in [0.1, 0.15) is 20.8 Å². The average Bonchev–Trinajstić information content (AvgIpc) is 2.65. The molecule has 0 N–H and O–H groups in total. The Hall–Kier alpha value is -2.94. The van der Waals surface area contributed by atoms with Gasteiger partial charge >= 0.3 is 6.09 Å². The van der Waals surface area contributed by atoms with E-state index in [0.29, 0.717) is 22.5 Å². The largest absolute Gasteiger partial charge is 0.449 e. The number of carbonyl (C=O) groups is 2. The number of benzene rings is 2. The third-order valence-electron chi connectivity index (χ3n) is 4.91. The van der Waals surface area contributed by atoms with Crippen LogP contribution in [0.5, 0.6) is 0 Å². The van der Waals surface area contributed by atoms with Crippen LogP contribution in [0, 0.1) is 5.82 Å². The van der Waals surface area contributed by atoms with Gasteiger partial charge < -0.3 is 9.64 Å². The molecule has 7 nitrogen and oxygen atoms in total. The van der Waals surface area contributed by atoms with Crippen LogP contribution in [0.15, 0.2) is 41.3 Å². The number of anilines is 2. The molecule has 0 bridgehead atoms. The van der Waals surface area contributed by atoms with Gasteiger partial charge in [-0.2, -0.15) is 0 Å². The van der Waals surface area contributed by atoms with Crippen LogP contribution >= 0.6 is 0 Å². The highest BCUT2D eigenvalue weighted by Crippen LogP contribution is 2.39. The number of nitrogens with zero attached hydrogens (tertiary/aromatic N) is 2. The van der Waals surface area contributed by atoms with Gasteiger partial charge in [0.2, 0.25) is 5.91 Å². The number of ether oxygens (including phenoxy) is 1. The molecule has 0 saturated heterocycles. The standard InChI is InChI=1S/C21H23FN2O5S/c1-5-29-21(26)23-12-13(2)24(14(3)25)18-8-6-16(11-19(18)23)15-7-9-20(17(22)10-15)30(4,27)28/h6-11,13H,5,12H2,1-4H3/t13-/m0/s1. The van der Waals surface area contributed by atoms with Crippen molar-refractivity contribution >= 4 is 33.2 Å². The number of sulfone groups is 1. The molecule has 1 aliphatic rings. The number of halogens is 1.